The lowest BCUT2D eigenvalue weighted by molar-refractivity contribution is -0.141. The number of carbonyl (C=O) groups is 2. The molecule has 4 rings (SSSR count). The summed E-state index contributed by atoms with van der Waals surface area (Å²) in [6.07, 6.45) is -2.86. The van der Waals surface area contributed by atoms with Crippen molar-refractivity contribution >= 4 is 40.8 Å². The highest BCUT2D eigenvalue weighted by atomic mass is 35.5. The fourth-order valence-corrected chi connectivity index (χ4v) is 5.64. The van der Waals surface area contributed by atoms with Gasteiger partial charge in [-0.05, 0) is 99.5 Å². The Labute approximate surface area is 247 Å². The number of halogens is 5. The maximum absolute atomic E-state index is 13.2. The highest BCUT2D eigenvalue weighted by molar-refractivity contribution is 6.31. The normalized spacial score (nSPS) is 17.2. The predicted molar refractivity (Wildman–Crippen MR) is 152 cm³/mol. The van der Waals surface area contributed by atoms with Crippen molar-refractivity contribution in [3.8, 4) is 0 Å². The molecule has 2 N–H and O–H groups in total. The number of pyridine rings is 1. The third kappa shape index (κ3) is 8.14. The number of benzene rings is 1. The Kier molecular flexibility index (Phi) is 9.56. The largest absolute Gasteiger partial charge is 0.444 e. The van der Waals surface area contributed by atoms with Crippen molar-refractivity contribution in [3.63, 3.8) is 0 Å². The van der Waals surface area contributed by atoms with Gasteiger partial charge in [-0.1, -0.05) is 29.3 Å². The van der Waals surface area contributed by atoms with Gasteiger partial charge < -0.3 is 15.4 Å². The van der Waals surface area contributed by atoms with Gasteiger partial charge in [0.2, 0.25) is 5.91 Å². The van der Waals surface area contributed by atoms with E-state index in [0.29, 0.717) is 43.2 Å². The van der Waals surface area contributed by atoms with Gasteiger partial charge >= 0.3 is 12.3 Å². The first-order valence-electron chi connectivity index (χ1n) is 13.4. The second-order valence-corrected chi connectivity index (χ2v) is 12.0. The van der Waals surface area contributed by atoms with Gasteiger partial charge in [-0.2, -0.15) is 13.2 Å². The summed E-state index contributed by atoms with van der Waals surface area (Å²) < 4.78 is 44.9. The molecule has 2 aromatic rings. The van der Waals surface area contributed by atoms with Gasteiger partial charge in [-0.25, -0.2) is 9.78 Å². The lowest BCUT2D eigenvalue weighted by Gasteiger charge is -2.37. The third-order valence-corrected chi connectivity index (χ3v) is 7.53. The third-order valence-electron chi connectivity index (χ3n) is 6.99. The van der Waals surface area contributed by atoms with Crippen LogP contribution in [0.1, 0.15) is 56.1 Å². The molecule has 1 aliphatic carbocycles. The fourth-order valence-electron chi connectivity index (χ4n) is 5.26. The van der Waals surface area contributed by atoms with Crippen LogP contribution in [0.15, 0.2) is 35.9 Å². The molecule has 0 fully saturated rings. The minimum Gasteiger partial charge on any atom is -0.444 e. The summed E-state index contributed by atoms with van der Waals surface area (Å²) in [5.41, 5.74) is 3.28. The molecule has 12 heteroatoms. The van der Waals surface area contributed by atoms with Crippen molar-refractivity contribution in [2.75, 3.05) is 26.2 Å². The fraction of sp³-hybridized carbons (Fsp3) is 0.483. The van der Waals surface area contributed by atoms with E-state index < -0.39 is 28.6 Å². The first-order valence-corrected chi connectivity index (χ1v) is 14.2. The molecule has 0 bridgehead atoms. The van der Waals surface area contributed by atoms with Gasteiger partial charge in [0, 0.05) is 29.8 Å². The summed E-state index contributed by atoms with van der Waals surface area (Å²) in [7, 11) is 0. The van der Waals surface area contributed by atoms with E-state index >= 15 is 0 Å². The molecule has 0 saturated carbocycles. The Morgan fingerprint density at radius 2 is 1.88 bits per heavy atom. The van der Waals surface area contributed by atoms with Crippen LogP contribution in [0.5, 0.6) is 0 Å². The SMILES string of the molecule is CC(C)(C)OC(=O)NCC(=O)NCC1C2=C(CCN1CCCc1ccc(Cl)c(C(F)(F)F)n1)c1cc(Cl)ccc1C2. The number of aromatic nitrogens is 1. The van der Waals surface area contributed by atoms with E-state index in [4.69, 9.17) is 27.9 Å². The number of amides is 2. The first kappa shape index (κ1) is 31.1. The van der Waals surface area contributed by atoms with Gasteiger partial charge in [0.25, 0.3) is 0 Å². The van der Waals surface area contributed by atoms with Crippen molar-refractivity contribution in [1.82, 2.24) is 20.5 Å². The number of aryl methyl sites for hydroxylation is 1. The highest BCUT2D eigenvalue weighted by Gasteiger charge is 2.36. The quantitative estimate of drug-likeness (QED) is 0.378. The Bertz CT molecular complexity index is 1340. The average Bonchev–Trinajstić information content (AvgIpc) is 3.23. The lowest BCUT2D eigenvalue weighted by atomic mass is 9.92. The number of nitrogens with zero attached hydrogens (tertiary/aromatic N) is 2. The molecule has 0 spiro atoms. The van der Waals surface area contributed by atoms with Crippen LogP contribution in [0.4, 0.5) is 18.0 Å². The molecular weight excluding hydrogens is 580 g/mol. The molecule has 7 nitrogen and oxygen atoms in total. The molecule has 41 heavy (non-hydrogen) atoms. The van der Waals surface area contributed by atoms with Crippen molar-refractivity contribution < 1.29 is 27.5 Å². The number of nitrogens with one attached hydrogen (secondary N) is 2. The standard InChI is InChI=1S/C29H33Cl2F3N4O3/c1-28(2,3)41-27(40)36-16-25(39)35-15-24-22-13-17-6-7-18(30)14-21(17)20(22)10-12-38(24)11-4-5-19-8-9-23(31)26(37-19)29(32,33)34/h6-9,14,24H,4-5,10-13,15-16H2,1-3H3,(H,35,39)(H,36,40). The summed E-state index contributed by atoms with van der Waals surface area (Å²) in [5, 5.41) is 5.63. The molecule has 1 aliphatic heterocycles. The van der Waals surface area contributed by atoms with E-state index in [1.807, 2.05) is 18.2 Å². The zero-order valence-electron chi connectivity index (χ0n) is 23.1. The second kappa shape index (κ2) is 12.6. The summed E-state index contributed by atoms with van der Waals surface area (Å²) in [6.45, 7) is 6.60. The summed E-state index contributed by atoms with van der Waals surface area (Å²) in [6, 6.07) is 8.48. The maximum Gasteiger partial charge on any atom is 0.434 e. The van der Waals surface area contributed by atoms with E-state index in [2.05, 4.69) is 20.5 Å². The number of alkyl carbamates (subject to hydrolysis) is 1. The Hall–Kier alpha value is -2.82. The smallest absolute Gasteiger partial charge is 0.434 e. The van der Waals surface area contributed by atoms with E-state index in [1.165, 1.54) is 28.8 Å². The van der Waals surface area contributed by atoms with E-state index in [-0.39, 0.29) is 18.5 Å². The number of ether oxygens (including phenoxy) is 1. The molecule has 2 aliphatic rings. The number of carbonyl (C=O) groups excluding carboxylic acids is 2. The predicted octanol–water partition coefficient (Wildman–Crippen LogP) is 6.06. The Morgan fingerprint density at radius 3 is 2.59 bits per heavy atom. The molecule has 0 radical (unpaired) electrons. The van der Waals surface area contributed by atoms with Crippen molar-refractivity contribution in [3.05, 3.63) is 68.5 Å². The molecule has 222 valence electrons. The van der Waals surface area contributed by atoms with Crippen molar-refractivity contribution in [2.24, 2.45) is 0 Å². The molecule has 1 unspecified atom stereocenters. The maximum atomic E-state index is 13.2. The number of hydrogen-bond donors (Lipinski definition) is 2. The number of alkyl halides is 3. The number of rotatable bonds is 8. The number of hydrogen-bond acceptors (Lipinski definition) is 5. The van der Waals surface area contributed by atoms with Gasteiger partial charge in [0.15, 0.2) is 5.69 Å². The van der Waals surface area contributed by atoms with Crippen LogP contribution >= 0.6 is 23.2 Å². The molecular formula is C29H33Cl2F3N4O3. The van der Waals surface area contributed by atoms with Crippen LogP contribution in [0.3, 0.4) is 0 Å². The first-order chi connectivity index (χ1) is 19.2. The van der Waals surface area contributed by atoms with Gasteiger partial charge in [0.05, 0.1) is 11.6 Å². The zero-order chi connectivity index (χ0) is 29.9. The lowest BCUT2D eigenvalue weighted by Crippen LogP contribution is -2.49. The molecule has 2 amide bonds. The van der Waals surface area contributed by atoms with E-state index in [0.717, 1.165) is 18.4 Å². The topological polar surface area (TPSA) is 83.6 Å². The van der Waals surface area contributed by atoms with E-state index in [1.54, 1.807) is 20.8 Å². The van der Waals surface area contributed by atoms with Crippen LogP contribution in [0, 0.1) is 0 Å². The highest BCUT2D eigenvalue weighted by Crippen LogP contribution is 2.42. The second-order valence-electron chi connectivity index (χ2n) is 11.2. The zero-order valence-corrected chi connectivity index (χ0v) is 24.6. The van der Waals surface area contributed by atoms with Crippen LogP contribution in [-0.4, -0.2) is 59.7 Å². The summed E-state index contributed by atoms with van der Waals surface area (Å²) in [4.78, 5) is 30.5. The molecule has 1 aromatic carbocycles. The van der Waals surface area contributed by atoms with Crippen LogP contribution < -0.4 is 10.6 Å². The molecule has 1 aromatic heterocycles. The molecule has 2 heterocycles. The molecule has 1 atom stereocenters. The Morgan fingerprint density at radius 1 is 1.12 bits per heavy atom. The van der Waals surface area contributed by atoms with Crippen molar-refractivity contribution in [1.29, 1.82) is 0 Å². The minimum absolute atomic E-state index is 0.126. The van der Waals surface area contributed by atoms with Gasteiger partial charge in [0.1, 0.15) is 5.60 Å². The average molecular weight is 614 g/mol. The van der Waals surface area contributed by atoms with Crippen LogP contribution in [-0.2, 0) is 28.5 Å². The summed E-state index contributed by atoms with van der Waals surface area (Å²) in [5.74, 6) is -0.355. The van der Waals surface area contributed by atoms with Gasteiger partial charge in [-0.15, -0.1) is 0 Å². The van der Waals surface area contributed by atoms with E-state index in [9.17, 15) is 22.8 Å². The molecule has 0 saturated heterocycles. The summed E-state index contributed by atoms with van der Waals surface area (Å²) >= 11 is 12.0. The minimum atomic E-state index is -4.62. The van der Waals surface area contributed by atoms with Gasteiger partial charge in [-0.3, -0.25) is 9.69 Å². The van der Waals surface area contributed by atoms with Crippen LogP contribution in [0.25, 0.3) is 5.57 Å². The Balaban J connectivity index is 1.43. The monoisotopic (exact) mass is 612 g/mol. The number of fused-ring (bicyclic) bond motifs is 2. The van der Waals surface area contributed by atoms with Crippen molar-refractivity contribution in [2.45, 2.75) is 64.3 Å². The van der Waals surface area contributed by atoms with Crippen LogP contribution in [0.2, 0.25) is 10.0 Å².